The van der Waals surface area contributed by atoms with Crippen molar-refractivity contribution in [2.75, 3.05) is 59.0 Å². The number of rotatable bonds is 7. The van der Waals surface area contributed by atoms with E-state index in [2.05, 4.69) is 19.8 Å². The van der Waals surface area contributed by atoms with Gasteiger partial charge in [-0.15, -0.1) is 11.3 Å². The molecule has 0 radical (unpaired) electrons. The molecular formula is C19H27N5O3S. The molecule has 152 valence electrons. The molecule has 1 aromatic heterocycles. The summed E-state index contributed by atoms with van der Waals surface area (Å²) in [6.45, 7) is 4.05. The molecule has 1 fully saturated rings. The molecule has 3 rings (SSSR count). The molecule has 1 saturated heterocycles. The Morgan fingerprint density at radius 3 is 2.46 bits per heavy atom. The molecule has 28 heavy (non-hydrogen) atoms. The Labute approximate surface area is 169 Å². The molecule has 0 bridgehead atoms. The van der Waals surface area contributed by atoms with Crippen LogP contribution in [-0.4, -0.2) is 69.9 Å². The number of methoxy groups -OCH3 is 3. The van der Waals surface area contributed by atoms with Gasteiger partial charge in [-0.1, -0.05) is 6.07 Å². The lowest BCUT2D eigenvalue weighted by molar-refractivity contribution is 0.322. The van der Waals surface area contributed by atoms with Gasteiger partial charge in [-0.2, -0.15) is 0 Å². The SMILES string of the molecule is COc1ccc(CCN=C(N)N2CCN(c3nccs3)CC2)c(OC)c1OC. The standard InChI is InChI=1S/C19H27N5O3S/c1-25-15-5-4-14(16(26-2)17(15)27-3)6-7-21-18(20)23-9-11-24(12-10-23)19-22-8-13-28-19/h4-5,8,13H,6-7,9-12H2,1-3H3,(H2,20,21). The fourth-order valence-corrected chi connectivity index (χ4v) is 3.95. The number of aromatic nitrogens is 1. The molecule has 2 heterocycles. The highest BCUT2D eigenvalue weighted by molar-refractivity contribution is 7.13. The molecule has 0 atom stereocenters. The zero-order chi connectivity index (χ0) is 19.9. The summed E-state index contributed by atoms with van der Waals surface area (Å²) in [5, 5.41) is 3.07. The Bertz CT molecular complexity index is 789. The number of ether oxygens (including phenoxy) is 3. The number of anilines is 1. The van der Waals surface area contributed by atoms with Crippen molar-refractivity contribution < 1.29 is 14.2 Å². The predicted octanol–water partition coefficient (Wildman–Crippen LogP) is 1.85. The zero-order valence-electron chi connectivity index (χ0n) is 16.6. The fraction of sp³-hybridized carbons (Fsp3) is 0.474. The van der Waals surface area contributed by atoms with E-state index in [9.17, 15) is 0 Å². The van der Waals surface area contributed by atoms with Gasteiger partial charge in [0, 0.05) is 49.9 Å². The van der Waals surface area contributed by atoms with Crippen LogP contribution in [0.4, 0.5) is 5.13 Å². The second kappa shape index (κ2) is 9.50. The lowest BCUT2D eigenvalue weighted by atomic mass is 10.1. The monoisotopic (exact) mass is 405 g/mol. The molecule has 0 saturated carbocycles. The van der Waals surface area contributed by atoms with E-state index in [4.69, 9.17) is 19.9 Å². The van der Waals surface area contributed by atoms with Crippen LogP contribution in [0.3, 0.4) is 0 Å². The van der Waals surface area contributed by atoms with Crippen LogP contribution in [0.1, 0.15) is 5.56 Å². The van der Waals surface area contributed by atoms with Gasteiger partial charge in [0.25, 0.3) is 0 Å². The van der Waals surface area contributed by atoms with Crippen LogP contribution in [0.5, 0.6) is 17.2 Å². The van der Waals surface area contributed by atoms with Crippen molar-refractivity contribution in [3.8, 4) is 17.2 Å². The topological polar surface area (TPSA) is 85.4 Å². The molecule has 1 aliphatic rings. The Hall–Kier alpha value is -2.68. The van der Waals surface area contributed by atoms with Crippen LogP contribution < -0.4 is 24.8 Å². The number of nitrogens with two attached hydrogens (primary N) is 1. The van der Waals surface area contributed by atoms with Gasteiger partial charge in [-0.05, 0) is 12.5 Å². The number of thiazole rings is 1. The van der Waals surface area contributed by atoms with E-state index >= 15 is 0 Å². The fourth-order valence-electron chi connectivity index (χ4n) is 3.25. The van der Waals surface area contributed by atoms with Crippen LogP contribution >= 0.6 is 11.3 Å². The third-order valence-corrected chi connectivity index (χ3v) is 5.57. The third kappa shape index (κ3) is 4.41. The molecule has 8 nitrogen and oxygen atoms in total. The number of aliphatic imine (C=N–C) groups is 1. The quantitative estimate of drug-likeness (QED) is 0.556. The molecule has 1 aliphatic heterocycles. The van der Waals surface area contributed by atoms with Crippen LogP contribution in [0.2, 0.25) is 0 Å². The molecule has 2 N–H and O–H groups in total. The van der Waals surface area contributed by atoms with Gasteiger partial charge in [-0.25, -0.2) is 4.98 Å². The lowest BCUT2D eigenvalue weighted by Gasteiger charge is -2.35. The molecule has 0 unspecified atom stereocenters. The van der Waals surface area contributed by atoms with Gasteiger partial charge < -0.3 is 29.7 Å². The van der Waals surface area contributed by atoms with Gasteiger partial charge in [0.2, 0.25) is 5.75 Å². The van der Waals surface area contributed by atoms with E-state index in [-0.39, 0.29) is 0 Å². The summed E-state index contributed by atoms with van der Waals surface area (Å²) in [4.78, 5) is 13.3. The number of guanidine groups is 1. The van der Waals surface area contributed by atoms with Gasteiger partial charge >= 0.3 is 0 Å². The first-order chi connectivity index (χ1) is 13.7. The smallest absolute Gasteiger partial charge is 0.203 e. The summed E-state index contributed by atoms with van der Waals surface area (Å²) in [6, 6.07) is 3.85. The molecule has 0 aliphatic carbocycles. The van der Waals surface area contributed by atoms with Crippen LogP contribution in [0.25, 0.3) is 0 Å². The molecular weight excluding hydrogens is 378 g/mol. The van der Waals surface area contributed by atoms with E-state index in [0.29, 0.717) is 36.2 Å². The van der Waals surface area contributed by atoms with Gasteiger partial charge in [0.05, 0.1) is 21.3 Å². The van der Waals surface area contributed by atoms with Crippen molar-refractivity contribution in [1.82, 2.24) is 9.88 Å². The van der Waals surface area contributed by atoms with Gasteiger partial charge in [-0.3, -0.25) is 4.99 Å². The normalized spacial score (nSPS) is 14.9. The molecule has 0 amide bonds. The minimum atomic E-state index is 0.574. The number of hydrogen-bond acceptors (Lipinski definition) is 7. The van der Waals surface area contributed by atoms with Crippen molar-refractivity contribution in [3.05, 3.63) is 29.3 Å². The van der Waals surface area contributed by atoms with Crippen LogP contribution in [0.15, 0.2) is 28.7 Å². The average Bonchev–Trinajstić information content (AvgIpc) is 3.28. The lowest BCUT2D eigenvalue weighted by Crippen LogP contribution is -2.51. The van der Waals surface area contributed by atoms with Crippen LogP contribution in [0, 0.1) is 0 Å². The minimum absolute atomic E-state index is 0.574. The highest BCUT2D eigenvalue weighted by Crippen LogP contribution is 2.39. The predicted molar refractivity (Wildman–Crippen MR) is 112 cm³/mol. The van der Waals surface area contributed by atoms with Crippen molar-refractivity contribution in [2.24, 2.45) is 10.7 Å². The largest absolute Gasteiger partial charge is 0.493 e. The average molecular weight is 406 g/mol. The van der Waals surface area contributed by atoms with Crippen LogP contribution in [-0.2, 0) is 6.42 Å². The second-order valence-corrected chi connectivity index (χ2v) is 7.15. The van der Waals surface area contributed by atoms with Crippen molar-refractivity contribution in [2.45, 2.75) is 6.42 Å². The second-order valence-electron chi connectivity index (χ2n) is 6.27. The van der Waals surface area contributed by atoms with E-state index in [1.807, 2.05) is 23.7 Å². The van der Waals surface area contributed by atoms with E-state index < -0.39 is 0 Å². The summed E-state index contributed by atoms with van der Waals surface area (Å²) < 4.78 is 16.3. The Morgan fingerprint density at radius 2 is 1.86 bits per heavy atom. The number of nitrogens with zero attached hydrogens (tertiary/aromatic N) is 4. The van der Waals surface area contributed by atoms with Crippen molar-refractivity contribution >= 4 is 22.4 Å². The van der Waals surface area contributed by atoms with Gasteiger partial charge in [0.15, 0.2) is 22.6 Å². The maximum atomic E-state index is 6.22. The molecule has 1 aromatic carbocycles. The maximum absolute atomic E-state index is 6.22. The summed E-state index contributed by atoms with van der Waals surface area (Å²) in [6.07, 6.45) is 2.54. The highest BCUT2D eigenvalue weighted by atomic mass is 32.1. The number of hydrogen-bond donors (Lipinski definition) is 1. The number of benzene rings is 1. The third-order valence-electron chi connectivity index (χ3n) is 4.73. The molecule has 2 aromatic rings. The molecule has 0 spiro atoms. The number of piperazine rings is 1. The Balaban J connectivity index is 1.57. The first-order valence-corrected chi connectivity index (χ1v) is 10.0. The molecule has 9 heteroatoms. The van der Waals surface area contributed by atoms with Crippen molar-refractivity contribution in [3.63, 3.8) is 0 Å². The van der Waals surface area contributed by atoms with E-state index in [0.717, 1.165) is 36.9 Å². The highest BCUT2D eigenvalue weighted by Gasteiger charge is 2.20. The minimum Gasteiger partial charge on any atom is -0.493 e. The first kappa shape index (κ1) is 20.1. The maximum Gasteiger partial charge on any atom is 0.203 e. The Morgan fingerprint density at radius 1 is 1.11 bits per heavy atom. The zero-order valence-corrected chi connectivity index (χ0v) is 17.4. The van der Waals surface area contributed by atoms with Gasteiger partial charge in [0.1, 0.15) is 0 Å². The summed E-state index contributed by atoms with van der Waals surface area (Å²) in [7, 11) is 4.84. The van der Waals surface area contributed by atoms with E-state index in [1.54, 1.807) is 32.7 Å². The first-order valence-electron chi connectivity index (χ1n) is 9.15. The van der Waals surface area contributed by atoms with E-state index in [1.165, 1.54) is 0 Å². The summed E-state index contributed by atoms with van der Waals surface area (Å²) in [5.41, 5.74) is 7.22. The Kier molecular flexibility index (Phi) is 6.80. The summed E-state index contributed by atoms with van der Waals surface area (Å²) >= 11 is 1.66. The van der Waals surface area contributed by atoms with Crippen molar-refractivity contribution in [1.29, 1.82) is 0 Å². The summed E-state index contributed by atoms with van der Waals surface area (Å²) in [5.74, 6) is 2.49.